The molecule has 0 aliphatic rings. The molecule has 11 heteroatoms. The van der Waals surface area contributed by atoms with Gasteiger partial charge in [-0.15, -0.1) is 0 Å². The van der Waals surface area contributed by atoms with Gasteiger partial charge in [-0.1, -0.05) is 13.8 Å². The fourth-order valence-corrected chi connectivity index (χ4v) is 2.12. The lowest BCUT2D eigenvalue weighted by molar-refractivity contribution is -0.138. The Morgan fingerprint density at radius 3 is 2.00 bits per heavy atom. The van der Waals surface area contributed by atoms with Gasteiger partial charge in [-0.05, 0) is 33.1 Å². The third-order valence-electron chi connectivity index (χ3n) is 3.17. The third-order valence-corrected chi connectivity index (χ3v) is 3.17. The molecule has 4 amide bonds. The van der Waals surface area contributed by atoms with Crippen LogP contribution in [0.3, 0.4) is 0 Å². The minimum Gasteiger partial charge on any atom is -0.480 e. The molecule has 0 aliphatic carbocycles. The summed E-state index contributed by atoms with van der Waals surface area (Å²) in [5.41, 5.74) is 4.31. The van der Waals surface area contributed by atoms with Gasteiger partial charge in [0.1, 0.15) is 24.2 Å². The van der Waals surface area contributed by atoms with Crippen LogP contribution in [0.2, 0.25) is 0 Å². The van der Waals surface area contributed by atoms with Crippen molar-refractivity contribution >= 4 is 29.8 Å². The summed E-state index contributed by atoms with van der Waals surface area (Å²) < 4.78 is 5.06. The maximum absolute atomic E-state index is 12.5. The Kier molecular flexibility index (Phi) is 9.97. The number of aliphatic carboxylic acids is 1. The second-order valence-corrected chi connectivity index (χ2v) is 7.67. The van der Waals surface area contributed by atoms with Crippen LogP contribution in [-0.4, -0.2) is 59.1 Å². The third kappa shape index (κ3) is 11.7. The molecular weight excluding hydrogens is 372 g/mol. The highest BCUT2D eigenvalue weighted by Crippen LogP contribution is 2.09. The summed E-state index contributed by atoms with van der Waals surface area (Å²) in [5.74, 6) is -3.59. The molecule has 0 unspecified atom stereocenters. The highest BCUT2D eigenvalue weighted by molar-refractivity contribution is 5.94. The molecule has 0 bridgehead atoms. The van der Waals surface area contributed by atoms with Crippen LogP contribution >= 0.6 is 0 Å². The molecule has 0 spiro atoms. The predicted octanol–water partition coefficient (Wildman–Crippen LogP) is -0.513. The Morgan fingerprint density at radius 2 is 1.57 bits per heavy atom. The van der Waals surface area contributed by atoms with Gasteiger partial charge in [0.15, 0.2) is 0 Å². The highest BCUT2D eigenvalue weighted by Gasteiger charge is 2.30. The van der Waals surface area contributed by atoms with E-state index in [1.54, 1.807) is 20.8 Å². The summed E-state index contributed by atoms with van der Waals surface area (Å²) in [6.07, 6.45) is -1.21. The first kappa shape index (κ1) is 25.1. The number of carbonyl (C=O) groups is 5. The topological polar surface area (TPSA) is 177 Å². The first-order chi connectivity index (χ1) is 12.7. The van der Waals surface area contributed by atoms with E-state index in [0.717, 1.165) is 0 Å². The van der Waals surface area contributed by atoms with Crippen molar-refractivity contribution in [3.8, 4) is 0 Å². The Labute approximate surface area is 163 Å². The Bertz CT molecular complexity index is 599. The molecular formula is C17H30N4O7. The zero-order chi connectivity index (χ0) is 22.1. The zero-order valence-corrected chi connectivity index (χ0v) is 16.8. The largest absolute Gasteiger partial charge is 0.480 e. The van der Waals surface area contributed by atoms with E-state index in [1.807, 2.05) is 13.8 Å². The summed E-state index contributed by atoms with van der Waals surface area (Å²) >= 11 is 0. The number of carboxylic acids is 1. The first-order valence-corrected chi connectivity index (χ1v) is 8.79. The van der Waals surface area contributed by atoms with E-state index < -0.39 is 60.4 Å². The van der Waals surface area contributed by atoms with Gasteiger partial charge < -0.3 is 31.5 Å². The monoisotopic (exact) mass is 402 g/mol. The molecule has 0 aromatic heterocycles. The second-order valence-electron chi connectivity index (χ2n) is 7.67. The molecule has 11 nitrogen and oxygen atoms in total. The highest BCUT2D eigenvalue weighted by atomic mass is 16.6. The van der Waals surface area contributed by atoms with Crippen molar-refractivity contribution in [2.75, 3.05) is 6.54 Å². The SMILES string of the molecule is CC(C)C[C@H](NC(=O)[C@H](CC(N)=O)NC(=O)OC(C)(C)C)C(=O)NCC(=O)O. The number of hydrogen-bond donors (Lipinski definition) is 5. The van der Waals surface area contributed by atoms with Crippen molar-refractivity contribution in [3.05, 3.63) is 0 Å². The van der Waals surface area contributed by atoms with E-state index in [4.69, 9.17) is 15.6 Å². The Morgan fingerprint density at radius 1 is 1.00 bits per heavy atom. The number of nitrogens with two attached hydrogens (primary N) is 1. The van der Waals surface area contributed by atoms with Crippen LogP contribution in [0.1, 0.15) is 47.5 Å². The van der Waals surface area contributed by atoms with Crippen molar-refractivity contribution in [1.29, 1.82) is 0 Å². The minimum absolute atomic E-state index is 0.00529. The summed E-state index contributed by atoms with van der Waals surface area (Å²) in [6.45, 7) is 7.89. The van der Waals surface area contributed by atoms with Crippen molar-refractivity contribution in [2.24, 2.45) is 11.7 Å². The second kappa shape index (κ2) is 11.1. The molecule has 0 saturated heterocycles. The van der Waals surface area contributed by atoms with E-state index in [0.29, 0.717) is 0 Å². The van der Waals surface area contributed by atoms with Crippen molar-refractivity contribution in [1.82, 2.24) is 16.0 Å². The molecule has 2 atom stereocenters. The zero-order valence-electron chi connectivity index (χ0n) is 16.8. The van der Waals surface area contributed by atoms with Crippen LogP contribution in [0.5, 0.6) is 0 Å². The summed E-state index contributed by atoms with van der Waals surface area (Å²) in [7, 11) is 0. The fourth-order valence-electron chi connectivity index (χ4n) is 2.12. The standard InChI is InChI=1S/C17H30N4O7/c1-9(2)6-10(14(25)19-8-13(23)24)20-15(26)11(7-12(18)22)21-16(27)28-17(3,4)5/h9-11H,6-8H2,1-5H3,(H2,18,22)(H,19,25)(H,20,26)(H,21,27)(H,23,24)/t10-,11-/m0/s1. The number of alkyl carbamates (subject to hydrolysis) is 1. The molecule has 0 aromatic rings. The molecule has 28 heavy (non-hydrogen) atoms. The van der Waals surface area contributed by atoms with E-state index in [2.05, 4.69) is 16.0 Å². The smallest absolute Gasteiger partial charge is 0.408 e. The van der Waals surface area contributed by atoms with Gasteiger partial charge in [0.25, 0.3) is 0 Å². The molecule has 0 aromatic carbocycles. The van der Waals surface area contributed by atoms with Crippen LogP contribution in [0.15, 0.2) is 0 Å². The number of amides is 4. The maximum Gasteiger partial charge on any atom is 0.408 e. The number of primary amides is 1. The van der Waals surface area contributed by atoms with E-state index in [-0.39, 0.29) is 12.3 Å². The van der Waals surface area contributed by atoms with Crippen LogP contribution in [0, 0.1) is 5.92 Å². The van der Waals surface area contributed by atoms with E-state index in [1.165, 1.54) is 0 Å². The molecule has 6 N–H and O–H groups in total. The Hall–Kier alpha value is -2.85. The number of rotatable bonds is 10. The summed E-state index contributed by atoms with van der Waals surface area (Å²) in [5, 5.41) is 15.5. The Balaban J connectivity index is 5.22. The van der Waals surface area contributed by atoms with Gasteiger partial charge >= 0.3 is 12.1 Å². The number of carboxylic acid groups (broad SMARTS) is 1. The number of carbonyl (C=O) groups excluding carboxylic acids is 4. The molecule has 0 rings (SSSR count). The first-order valence-electron chi connectivity index (χ1n) is 8.79. The van der Waals surface area contributed by atoms with Crippen LogP contribution in [0.25, 0.3) is 0 Å². The van der Waals surface area contributed by atoms with Crippen LogP contribution in [0.4, 0.5) is 4.79 Å². The van der Waals surface area contributed by atoms with Crippen molar-refractivity contribution in [2.45, 2.75) is 65.1 Å². The van der Waals surface area contributed by atoms with Crippen LogP contribution < -0.4 is 21.7 Å². The molecule has 0 saturated carbocycles. The number of nitrogens with one attached hydrogen (secondary N) is 3. The van der Waals surface area contributed by atoms with Crippen molar-refractivity contribution in [3.63, 3.8) is 0 Å². The van der Waals surface area contributed by atoms with Gasteiger partial charge in [-0.2, -0.15) is 0 Å². The predicted molar refractivity (Wildman–Crippen MR) is 99.0 cm³/mol. The summed E-state index contributed by atoms with van der Waals surface area (Å²) in [4.78, 5) is 58.5. The van der Waals surface area contributed by atoms with Gasteiger partial charge in [0.2, 0.25) is 17.7 Å². The van der Waals surface area contributed by atoms with Crippen molar-refractivity contribution < 1.29 is 33.8 Å². The maximum atomic E-state index is 12.5. The fraction of sp³-hybridized carbons (Fsp3) is 0.706. The molecule has 0 aliphatic heterocycles. The molecule has 0 fully saturated rings. The van der Waals surface area contributed by atoms with E-state index >= 15 is 0 Å². The summed E-state index contributed by atoms with van der Waals surface area (Å²) in [6, 6.07) is -2.41. The van der Waals surface area contributed by atoms with Gasteiger partial charge in [-0.3, -0.25) is 19.2 Å². The van der Waals surface area contributed by atoms with E-state index in [9.17, 15) is 24.0 Å². The number of hydrogen-bond acceptors (Lipinski definition) is 6. The average molecular weight is 402 g/mol. The minimum atomic E-state index is -1.35. The van der Waals surface area contributed by atoms with Gasteiger partial charge in [-0.25, -0.2) is 4.79 Å². The lowest BCUT2D eigenvalue weighted by Crippen LogP contribution is -2.55. The lowest BCUT2D eigenvalue weighted by atomic mass is 10.0. The average Bonchev–Trinajstić information content (AvgIpc) is 2.48. The van der Waals surface area contributed by atoms with Crippen LogP contribution in [-0.2, 0) is 23.9 Å². The van der Waals surface area contributed by atoms with Gasteiger partial charge in [0.05, 0.1) is 6.42 Å². The quantitative estimate of drug-likeness (QED) is 0.326. The molecule has 0 heterocycles. The number of ether oxygens (including phenoxy) is 1. The molecule has 0 radical (unpaired) electrons. The normalized spacial score (nSPS) is 13.2. The molecule has 160 valence electrons. The van der Waals surface area contributed by atoms with Gasteiger partial charge in [0, 0.05) is 0 Å². The lowest BCUT2D eigenvalue weighted by Gasteiger charge is -2.25.